The van der Waals surface area contributed by atoms with Crippen LogP contribution in [0.1, 0.15) is 12.8 Å². The fourth-order valence-electron chi connectivity index (χ4n) is 5.89. The second-order valence-corrected chi connectivity index (χ2v) is 17.5. The molecule has 13 nitrogen and oxygen atoms in total. The highest BCUT2D eigenvalue weighted by molar-refractivity contribution is 8.21. The average Bonchev–Trinajstić information content (AvgIpc) is 3.71. The number of benzene rings is 4. The Labute approximate surface area is 268 Å². The van der Waals surface area contributed by atoms with Crippen molar-refractivity contribution in [2.45, 2.75) is 27.9 Å². The second-order valence-electron chi connectivity index (χ2n) is 11.7. The van der Waals surface area contributed by atoms with Crippen molar-refractivity contribution >= 4 is 63.8 Å². The van der Waals surface area contributed by atoms with E-state index >= 15 is 0 Å². The van der Waals surface area contributed by atoms with Gasteiger partial charge in [-0.1, -0.05) is 6.07 Å². The minimum atomic E-state index is -3.99. The van der Waals surface area contributed by atoms with E-state index in [1.807, 2.05) is 41.1 Å². The van der Waals surface area contributed by atoms with Crippen molar-refractivity contribution in [3.63, 3.8) is 0 Å². The molecule has 0 unspecified atom stereocenters. The van der Waals surface area contributed by atoms with Crippen LogP contribution in [-0.2, 0) is 19.3 Å². The number of nitro groups is 2. The zero-order valence-corrected chi connectivity index (χ0v) is 26.5. The lowest BCUT2D eigenvalue weighted by Crippen LogP contribution is -2.44. The van der Waals surface area contributed by atoms with Crippen molar-refractivity contribution in [2.24, 2.45) is 0 Å². The highest BCUT2D eigenvalue weighted by Gasteiger charge is 2.49. The third kappa shape index (κ3) is 5.28. The predicted molar refractivity (Wildman–Crippen MR) is 181 cm³/mol. The smallest absolute Gasteiger partial charge is 0.269 e. The number of nitrogens with zero attached hydrogens (tertiary/aromatic N) is 3. The quantitative estimate of drug-likeness (QED) is 0.106. The molecule has 47 heavy (non-hydrogen) atoms. The summed E-state index contributed by atoms with van der Waals surface area (Å²) in [6.07, 6.45) is 5.13. The van der Waals surface area contributed by atoms with Crippen molar-refractivity contribution in [2.75, 3.05) is 15.7 Å². The first-order valence-electron chi connectivity index (χ1n) is 14.5. The first kappa shape index (κ1) is 30.1. The van der Waals surface area contributed by atoms with E-state index in [9.17, 15) is 32.9 Å². The Bertz CT molecular complexity index is 2410. The van der Waals surface area contributed by atoms with E-state index in [1.165, 1.54) is 24.3 Å². The number of hydrogen-bond acceptors (Lipinski definition) is 7. The second kappa shape index (κ2) is 10.5. The molecule has 2 heterocycles. The number of aromatic amines is 1. The molecule has 0 spiro atoms. The summed E-state index contributed by atoms with van der Waals surface area (Å²) in [6, 6.07) is 25.1. The number of nitrogens with one attached hydrogen (secondary N) is 3. The number of anilines is 2. The summed E-state index contributed by atoms with van der Waals surface area (Å²) in [5.41, 5.74) is 2.31. The molecule has 0 aliphatic heterocycles. The number of aromatic nitrogens is 2. The lowest BCUT2D eigenvalue weighted by atomic mass is 10.2. The standard InChI is InChI=1S/C32H28N6O7S2/c1-47(45,27-14-15-27,26-12-8-24(9-13-26)38(41)42)35-30-4-2-3-29-28(30)20-32(33-29)36-18-17-21-19-22(5-16-31(21)36)34-46(43,44)25-10-6-23(7-11-25)37(39)40/h2-13,16-20,27,33-34H,14-15H2,1H3,(H,35,45). The first-order chi connectivity index (χ1) is 22.3. The van der Waals surface area contributed by atoms with E-state index in [0.717, 1.165) is 52.6 Å². The van der Waals surface area contributed by atoms with E-state index in [0.29, 0.717) is 16.3 Å². The number of non-ortho nitro benzene ring substituents is 2. The van der Waals surface area contributed by atoms with Gasteiger partial charge in [-0.15, -0.1) is 0 Å². The Morgan fingerprint density at radius 2 is 1.53 bits per heavy atom. The van der Waals surface area contributed by atoms with E-state index < -0.39 is 29.1 Å². The molecule has 2 aromatic heterocycles. The Morgan fingerprint density at radius 1 is 0.872 bits per heavy atom. The SMILES string of the molecule is CS(=O)(Nc1cccc2[nH]c(-n3ccc4cc(NS(=O)(=O)c5ccc([N+](=O)[O-])cc5)ccc43)cc12)(c1ccc([N+](=O)[O-])cc1)C1CC1. The lowest BCUT2D eigenvalue weighted by Gasteiger charge is -2.41. The zero-order chi connectivity index (χ0) is 33.2. The van der Waals surface area contributed by atoms with Gasteiger partial charge in [0.2, 0.25) is 0 Å². The minimum absolute atomic E-state index is 0.0652. The Balaban J connectivity index is 1.20. The van der Waals surface area contributed by atoms with Gasteiger partial charge >= 0.3 is 0 Å². The average molecular weight is 673 g/mol. The van der Waals surface area contributed by atoms with E-state index in [4.69, 9.17) is 0 Å². The summed E-state index contributed by atoms with van der Waals surface area (Å²) in [5, 5.41) is 23.6. The number of nitro benzene ring substituents is 2. The molecule has 1 aliphatic carbocycles. The Morgan fingerprint density at radius 3 is 2.17 bits per heavy atom. The van der Waals surface area contributed by atoms with Gasteiger partial charge in [0.1, 0.15) is 5.82 Å². The van der Waals surface area contributed by atoms with Gasteiger partial charge in [-0.3, -0.25) is 29.2 Å². The molecule has 0 atom stereocenters. The van der Waals surface area contributed by atoms with Crippen LogP contribution >= 0.6 is 0 Å². The molecule has 4 aromatic carbocycles. The summed E-state index contributed by atoms with van der Waals surface area (Å²) < 4.78 is 48.7. The molecule has 1 saturated carbocycles. The highest BCUT2D eigenvalue weighted by Crippen LogP contribution is 2.50. The van der Waals surface area contributed by atoms with Crippen LogP contribution in [0.3, 0.4) is 0 Å². The molecule has 6 aromatic rings. The summed E-state index contributed by atoms with van der Waals surface area (Å²) in [4.78, 5) is 24.9. The predicted octanol–water partition coefficient (Wildman–Crippen LogP) is 6.73. The number of sulfonamides is 1. The maximum Gasteiger partial charge on any atom is 0.269 e. The number of H-pyrrole nitrogens is 1. The number of hydrogen-bond donors (Lipinski definition) is 3. The van der Waals surface area contributed by atoms with Gasteiger partial charge in [0.05, 0.1) is 25.9 Å². The maximum absolute atomic E-state index is 14.9. The van der Waals surface area contributed by atoms with E-state index in [1.54, 1.807) is 36.6 Å². The Hall–Kier alpha value is -5.54. The topological polar surface area (TPSA) is 182 Å². The van der Waals surface area contributed by atoms with Crippen LogP contribution < -0.4 is 9.44 Å². The van der Waals surface area contributed by atoms with Crippen LogP contribution in [0.4, 0.5) is 22.7 Å². The van der Waals surface area contributed by atoms with Gasteiger partial charge in [-0.2, -0.15) is 0 Å². The number of rotatable bonds is 10. The van der Waals surface area contributed by atoms with Crippen molar-refractivity contribution < 1.29 is 22.5 Å². The van der Waals surface area contributed by atoms with Gasteiger partial charge in [0, 0.05) is 68.8 Å². The van der Waals surface area contributed by atoms with Gasteiger partial charge in [0.15, 0.2) is 0 Å². The monoisotopic (exact) mass is 672 g/mol. The largest absolute Gasteiger partial charge is 0.341 e. The van der Waals surface area contributed by atoms with Crippen LogP contribution in [0, 0.1) is 20.2 Å². The van der Waals surface area contributed by atoms with Crippen molar-refractivity contribution in [1.82, 2.24) is 9.55 Å². The molecule has 1 fully saturated rings. The molecule has 0 bridgehead atoms. The zero-order valence-electron chi connectivity index (χ0n) is 24.8. The molecule has 0 radical (unpaired) electrons. The molecule has 1 aliphatic rings. The van der Waals surface area contributed by atoms with Gasteiger partial charge in [0.25, 0.3) is 21.4 Å². The maximum atomic E-state index is 14.9. The molecule has 15 heteroatoms. The van der Waals surface area contributed by atoms with Crippen LogP contribution in [0.2, 0.25) is 0 Å². The summed E-state index contributed by atoms with van der Waals surface area (Å²) >= 11 is 0. The highest BCUT2D eigenvalue weighted by atomic mass is 32.3. The summed E-state index contributed by atoms with van der Waals surface area (Å²) in [7, 11) is -7.67. The molecule has 3 N–H and O–H groups in total. The fraction of sp³-hybridized carbons (Fsp3) is 0.125. The first-order valence-corrected chi connectivity index (χ1v) is 18.4. The fourth-order valence-corrected chi connectivity index (χ4v) is 10.4. The normalized spacial score (nSPS) is 14.4. The molecule has 240 valence electrons. The van der Waals surface area contributed by atoms with Crippen LogP contribution in [0.25, 0.3) is 27.6 Å². The molecule has 0 saturated heterocycles. The van der Waals surface area contributed by atoms with E-state index in [2.05, 4.69) is 14.4 Å². The third-order valence-electron chi connectivity index (χ3n) is 8.53. The summed E-state index contributed by atoms with van der Waals surface area (Å²) in [6.45, 7) is 0. The molecular formula is C32H28N6O7S2. The van der Waals surface area contributed by atoms with Crippen LogP contribution in [0.15, 0.2) is 113 Å². The number of fused-ring (bicyclic) bond motifs is 2. The van der Waals surface area contributed by atoms with Crippen molar-refractivity contribution in [3.05, 3.63) is 123 Å². The van der Waals surface area contributed by atoms with Crippen LogP contribution in [-0.4, -0.2) is 43.5 Å². The van der Waals surface area contributed by atoms with Gasteiger partial charge in [-0.05, 0) is 88.8 Å². The lowest BCUT2D eigenvalue weighted by molar-refractivity contribution is -0.385. The molecule has 7 rings (SSSR count). The van der Waals surface area contributed by atoms with E-state index in [-0.39, 0.29) is 21.5 Å². The minimum Gasteiger partial charge on any atom is -0.341 e. The van der Waals surface area contributed by atoms with Gasteiger partial charge in [-0.25, -0.2) is 8.42 Å². The Kier molecular flexibility index (Phi) is 6.73. The molecular weight excluding hydrogens is 645 g/mol. The summed E-state index contributed by atoms with van der Waals surface area (Å²) in [5.74, 6) is 0.727. The molecule has 0 amide bonds. The van der Waals surface area contributed by atoms with Gasteiger partial charge < -0.3 is 14.3 Å². The van der Waals surface area contributed by atoms with Crippen LogP contribution in [0.5, 0.6) is 0 Å². The van der Waals surface area contributed by atoms with Crippen molar-refractivity contribution in [1.29, 1.82) is 0 Å². The van der Waals surface area contributed by atoms with Crippen molar-refractivity contribution in [3.8, 4) is 5.82 Å². The third-order valence-corrected chi connectivity index (χ3v) is 14.2.